The summed E-state index contributed by atoms with van der Waals surface area (Å²) >= 11 is 12.7. The fourth-order valence-corrected chi connectivity index (χ4v) is 3.49. The number of nitrogen functional groups attached to an aromatic ring is 1. The van der Waals surface area contributed by atoms with Crippen molar-refractivity contribution < 1.29 is 4.74 Å². The van der Waals surface area contributed by atoms with Crippen LogP contribution >= 0.6 is 23.2 Å². The van der Waals surface area contributed by atoms with Crippen LogP contribution in [-0.2, 0) is 0 Å². The van der Waals surface area contributed by atoms with E-state index in [1.165, 1.54) is 18.2 Å². The van der Waals surface area contributed by atoms with Crippen LogP contribution in [0.15, 0.2) is 56.8 Å². The van der Waals surface area contributed by atoms with Crippen molar-refractivity contribution in [3.05, 3.63) is 89.3 Å². The molecule has 0 unspecified atom stereocenters. The number of halogens is 2. The fraction of sp³-hybridized carbons (Fsp3) is 0.0500. The van der Waals surface area contributed by atoms with Gasteiger partial charge in [0.2, 0.25) is 11.7 Å². The van der Waals surface area contributed by atoms with Gasteiger partial charge in [-0.2, -0.15) is 4.68 Å². The molecule has 10 nitrogen and oxygen atoms in total. The van der Waals surface area contributed by atoms with E-state index in [0.29, 0.717) is 11.1 Å². The minimum atomic E-state index is -0.825. The predicted octanol–water partition coefficient (Wildman–Crippen LogP) is 2.66. The number of aromatic amines is 2. The SMILES string of the molecule is Cc1cccc(-c2cc(=O)[nH]nc2Oc2c(Cl)cc(-n3nc(N)c(=O)[nH]c3=O)cc2Cl)c1. The van der Waals surface area contributed by atoms with Crippen molar-refractivity contribution in [2.75, 3.05) is 5.73 Å². The molecule has 0 atom stereocenters. The molecule has 2 aromatic carbocycles. The van der Waals surface area contributed by atoms with Gasteiger partial charge >= 0.3 is 5.69 Å². The molecular weight excluding hydrogens is 459 g/mol. The molecule has 0 amide bonds. The molecule has 0 aliphatic rings. The van der Waals surface area contributed by atoms with Crippen LogP contribution in [0.3, 0.4) is 0 Å². The van der Waals surface area contributed by atoms with Crippen molar-refractivity contribution >= 4 is 29.0 Å². The molecule has 32 heavy (non-hydrogen) atoms. The Kier molecular flexibility index (Phi) is 5.56. The lowest BCUT2D eigenvalue weighted by atomic mass is 10.1. The maximum Gasteiger partial charge on any atom is 0.349 e. The summed E-state index contributed by atoms with van der Waals surface area (Å²) in [6.45, 7) is 1.91. The van der Waals surface area contributed by atoms with E-state index in [-0.39, 0.29) is 27.4 Å². The van der Waals surface area contributed by atoms with Gasteiger partial charge < -0.3 is 10.5 Å². The molecule has 0 radical (unpaired) electrons. The Bertz CT molecular complexity index is 1500. The van der Waals surface area contributed by atoms with Gasteiger partial charge in [0, 0.05) is 6.07 Å². The minimum absolute atomic E-state index is 0.0224. The third kappa shape index (κ3) is 4.13. The highest BCUT2D eigenvalue weighted by Crippen LogP contribution is 2.39. The van der Waals surface area contributed by atoms with Crippen molar-refractivity contribution in [3.63, 3.8) is 0 Å². The third-order valence-electron chi connectivity index (χ3n) is 4.38. The number of hydrogen-bond acceptors (Lipinski definition) is 7. The normalized spacial score (nSPS) is 10.8. The van der Waals surface area contributed by atoms with E-state index in [1.807, 2.05) is 30.1 Å². The number of aromatic nitrogens is 5. The van der Waals surface area contributed by atoms with Gasteiger partial charge in [0.15, 0.2) is 5.75 Å². The Hall–Kier alpha value is -3.89. The zero-order valence-corrected chi connectivity index (χ0v) is 17.9. The predicted molar refractivity (Wildman–Crippen MR) is 120 cm³/mol. The van der Waals surface area contributed by atoms with Gasteiger partial charge in [0.25, 0.3) is 11.1 Å². The van der Waals surface area contributed by atoms with E-state index in [4.69, 9.17) is 33.7 Å². The second-order valence-electron chi connectivity index (χ2n) is 6.72. The van der Waals surface area contributed by atoms with E-state index >= 15 is 0 Å². The highest BCUT2D eigenvalue weighted by Gasteiger charge is 2.18. The summed E-state index contributed by atoms with van der Waals surface area (Å²) in [5.74, 6) is -0.302. The van der Waals surface area contributed by atoms with Gasteiger partial charge in [-0.25, -0.2) is 9.89 Å². The lowest BCUT2D eigenvalue weighted by molar-refractivity contribution is 0.456. The maximum absolute atomic E-state index is 12.1. The van der Waals surface area contributed by atoms with Crippen LogP contribution in [0.2, 0.25) is 10.0 Å². The van der Waals surface area contributed by atoms with Gasteiger partial charge in [-0.1, -0.05) is 53.0 Å². The van der Waals surface area contributed by atoms with E-state index in [9.17, 15) is 14.4 Å². The summed E-state index contributed by atoms with van der Waals surface area (Å²) in [6.07, 6.45) is 0. The molecule has 0 saturated carbocycles. The number of benzene rings is 2. The van der Waals surface area contributed by atoms with E-state index in [1.54, 1.807) is 6.07 Å². The first-order valence-corrected chi connectivity index (χ1v) is 9.81. The van der Waals surface area contributed by atoms with Crippen LogP contribution in [0.25, 0.3) is 16.8 Å². The van der Waals surface area contributed by atoms with E-state index < -0.39 is 22.6 Å². The number of aryl methyl sites for hydroxylation is 1. The van der Waals surface area contributed by atoms with Gasteiger partial charge in [0.05, 0.1) is 21.3 Å². The third-order valence-corrected chi connectivity index (χ3v) is 4.94. The molecular formula is C20H14Cl2N6O4. The summed E-state index contributed by atoms with van der Waals surface area (Å²) in [4.78, 5) is 37.4. The number of nitrogens with zero attached hydrogens (tertiary/aromatic N) is 3. The van der Waals surface area contributed by atoms with Crippen molar-refractivity contribution in [3.8, 4) is 28.4 Å². The molecule has 162 valence electrons. The van der Waals surface area contributed by atoms with Crippen molar-refractivity contribution in [1.82, 2.24) is 25.0 Å². The van der Waals surface area contributed by atoms with Crippen molar-refractivity contribution in [1.29, 1.82) is 0 Å². The molecule has 0 aliphatic heterocycles. The summed E-state index contributed by atoms with van der Waals surface area (Å²) < 4.78 is 6.69. The number of rotatable bonds is 4. The average molecular weight is 473 g/mol. The Balaban J connectivity index is 1.79. The Morgan fingerprint density at radius 3 is 2.47 bits per heavy atom. The zero-order chi connectivity index (χ0) is 23.0. The largest absolute Gasteiger partial charge is 0.434 e. The molecule has 4 N–H and O–H groups in total. The van der Waals surface area contributed by atoms with E-state index in [0.717, 1.165) is 10.2 Å². The molecule has 4 rings (SSSR count). The van der Waals surface area contributed by atoms with Crippen LogP contribution in [-0.4, -0.2) is 25.0 Å². The average Bonchev–Trinajstić information content (AvgIpc) is 2.74. The van der Waals surface area contributed by atoms with Crippen LogP contribution < -0.4 is 27.3 Å². The van der Waals surface area contributed by atoms with Crippen molar-refractivity contribution in [2.24, 2.45) is 0 Å². The lowest BCUT2D eigenvalue weighted by Gasteiger charge is -2.14. The number of anilines is 1. The first-order valence-electron chi connectivity index (χ1n) is 9.06. The van der Waals surface area contributed by atoms with Crippen molar-refractivity contribution in [2.45, 2.75) is 6.92 Å². The highest BCUT2D eigenvalue weighted by molar-refractivity contribution is 6.37. The molecule has 4 aromatic rings. The monoisotopic (exact) mass is 472 g/mol. The second kappa shape index (κ2) is 8.33. The van der Waals surface area contributed by atoms with Crippen LogP contribution in [0, 0.1) is 6.92 Å². The van der Waals surface area contributed by atoms with E-state index in [2.05, 4.69) is 15.3 Å². The highest BCUT2D eigenvalue weighted by atomic mass is 35.5. The summed E-state index contributed by atoms with van der Waals surface area (Å²) in [6, 6.07) is 11.5. The molecule has 12 heteroatoms. The van der Waals surface area contributed by atoms with Crippen LogP contribution in [0.4, 0.5) is 5.82 Å². The van der Waals surface area contributed by atoms with Gasteiger partial charge in [-0.05, 0) is 24.6 Å². The lowest BCUT2D eigenvalue weighted by Crippen LogP contribution is -2.33. The molecule has 0 aliphatic carbocycles. The Labute approximate surface area is 189 Å². The zero-order valence-electron chi connectivity index (χ0n) is 16.3. The number of H-pyrrole nitrogens is 2. The molecule has 2 aromatic heterocycles. The molecule has 0 fully saturated rings. The van der Waals surface area contributed by atoms with Gasteiger partial charge in [-0.15, -0.1) is 10.2 Å². The summed E-state index contributed by atoms with van der Waals surface area (Å²) in [5.41, 5.74) is 5.71. The first kappa shape index (κ1) is 21.3. The number of nitrogens with one attached hydrogen (secondary N) is 2. The number of ether oxygens (including phenoxy) is 1. The van der Waals surface area contributed by atoms with Crippen LogP contribution in [0.5, 0.6) is 11.6 Å². The maximum atomic E-state index is 12.1. The number of hydrogen-bond donors (Lipinski definition) is 3. The summed E-state index contributed by atoms with van der Waals surface area (Å²) in [5, 5.41) is 10.1. The number of nitrogens with two attached hydrogens (primary N) is 1. The molecule has 2 heterocycles. The molecule has 0 bridgehead atoms. The standard InChI is InChI=1S/C20H14Cl2N6O4/c1-9-3-2-4-10(5-9)12-8-15(29)25-26-19(12)32-16-13(21)6-11(7-14(16)22)28-20(31)24-18(30)17(23)27-28/h2-8H,1H3,(H2,23,27)(H,25,29)(H,24,30,31). The second-order valence-corrected chi connectivity index (χ2v) is 7.53. The molecule has 0 spiro atoms. The Morgan fingerprint density at radius 2 is 1.78 bits per heavy atom. The quantitative estimate of drug-likeness (QED) is 0.413. The van der Waals surface area contributed by atoms with Gasteiger partial charge in [-0.3, -0.25) is 14.6 Å². The minimum Gasteiger partial charge on any atom is -0.434 e. The van der Waals surface area contributed by atoms with Crippen LogP contribution in [0.1, 0.15) is 5.56 Å². The Morgan fingerprint density at radius 1 is 1.06 bits per heavy atom. The fourth-order valence-electron chi connectivity index (χ4n) is 2.94. The summed E-state index contributed by atoms with van der Waals surface area (Å²) in [7, 11) is 0. The smallest absolute Gasteiger partial charge is 0.349 e. The topological polar surface area (TPSA) is 149 Å². The molecule has 0 saturated heterocycles. The first-order chi connectivity index (χ1) is 15.2. The van der Waals surface area contributed by atoms with Gasteiger partial charge in [0.1, 0.15) is 0 Å².